The van der Waals surface area contributed by atoms with E-state index in [1.54, 1.807) is 25.1 Å². The molecule has 1 rings (SSSR count). The van der Waals surface area contributed by atoms with Crippen molar-refractivity contribution in [2.75, 3.05) is 5.32 Å². The summed E-state index contributed by atoms with van der Waals surface area (Å²) in [6, 6.07) is 4.81. The maximum atomic E-state index is 11.7. The Labute approximate surface area is 126 Å². The molecule has 0 fully saturated rings. The second kappa shape index (κ2) is 7.28. The molecular formula is C11H12Cl2N4OS. The summed E-state index contributed by atoms with van der Waals surface area (Å²) < 4.78 is 0. The third-order valence-electron chi connectivity index (χ3n) is 1.98. The molecule has 0 spiro atoms. The summed E-state index contributed by atoms with van der Waals surface area (Å²) in [7, 11) is 0. The smallest absolute Gasteiger partial charge is 0.230 e. The molecule has 0 unspecified atom stereocenters. The average Bonchev–Trinajstić information content (AvgIpc) is 2.31. The van der Waals surface area contributed by atoms with Gasteiger partial charge in [-0.2, -0.15) is 5.10 Å². The number of halogens is 2. The monoisotopic (exact) mass is 318 g/mol. The number of thiocarbonyl (C=S) groups is 1. The fraction of sp³-hybridized carbons (Fsp3) is 0.182. The van der Waals surface area contributed by atoms with Crippen LogP contribution in [-0.4, -0.2) is 16.7 Å². The van der Waals surface area contributed by atoms with Crippen LogP contribution in [0, 0.1) is 0 Å². The molecule has 0 heterocycles. The Hall–Kier alpha value is -1.37. The lowest BCUT2D eigenvalue weighted by Crippen LogP contribution is -2.26. The fourth-order valence-corrected chi connectivity index (χ4v) is 1.59. The Morgan fingerprint density at radius 2 is 2.16 bits per heavy atom. The van der Waals surface area contributed by atoms with Gasteiger partial charge in [0.2, 0.25) is 5.91 Å². The highest BCUT2D eigenvalue weighted by molar-refractivity contribution is 7.80. The quantitative estimate of drug-likeness (QED) is 0.453. The lowest BCUT2D eigenvalue weighted by Gasteiger charge is -2.07. The standard InChI is InChI=1S/C11H12Cl2N4OS/c1-6(16-17-11(14)19)4-10(18)15-9-5-7(12)2-3-8(9)13/h2-3,5H,4H2,1H3,(H,15,18)(H3,14,17,19)/b16-6-. The number of nitrogens with zero attached hydrogens (tertiary/aromatic N) is 1. The minimum atomic E-state index is -0.268. The van der Waals surface area contributed by atoms with Gasteiger partial charge in [-0.1, -0.05) is 23.2 Å². The molecule has 1 aromatic rings. The van der Waals surface area contributed by atoms with Crippen LogP contribution < -0.4 is 16.5 Å². The van der Waals surface area contributed by atoms with Gasteiger partial charge in [-0.15, -0.1) is 0 Å². The van der Waals surface area contributed by atoms with Crippen LogP contribution in [0.15, 0.2) is 23.3 Å². The summed E-state index contributed by atoms with van der Waals surface area (Å²) in [6.45, 7) is 1.67. The first-order chi connectivity index (χ1) is 8.88. The van der Waals surface area contributed by atoms with E-state index in [4.69, 9.17) is 28.9 Å². The van der Waals surface area contributed by atoms with Crippen LogP contribution in [0.1, 0.15) is 13.3 Å². The van der Waals surface area contributed by atoms with Crippen LogP contribution >= 0.6 is 35.4 Å². The van der Waals surface area contributed by atoms with Crippen LogP contribution in [0.2, 0.25) is 10.0 Å². The molecule has 0 radical (unpaired) electrons. The molecule has 1 amide bonds. The van der Waals surface area contributed by atoms with Crippen LogP contribution in [0.5, 0.6) is 0 Å². The fourth-order valence-electron chi connectivity index (χ4n) is 1.21. The van der Waals surface area contributed by atoms with Gasteiger partial charge in [-0.05, 0) is 37.3 Å². The largest absolute Gasteiger partial charge is 0.375 e. The van der Waals surface area contributed by atoms with E-state index < -0.39 is 0 Å². The number of anilines is 1. The molecule has 0 saturated heterocycles. The van der Waals surface area contributed by atoms with Crippen molar-refractivity contribution in [2.24, 2.45) is 10.8 Å². The van der Waals surface area contributed by atoms with Gasteiger partial charge in [-0.25, -0.2) is 0 Å². The van der Waals surface area contributed by atoms with E-state index in [0.717, 1.165) is 0 Å². The molecule has 0 aliphatic carbocycles. The summed E-state index contributed by atoms with van der Waals surface area (Å²) >= 11 is 16.3. The van der Waals surface area contributed by atoms with Crippen molar-refractivity contribution in [2.45, 2.75) is 13.3 Å². The van der Waals surface area contributed by atoms with Crippen molar-refractivity contribution in [1.82, 2.24) is 5.43 Å². The predicted molar refractivity (Wildman–Crippen MR) is 82.7 cm³/mol. The van der Waals surface area contributed by atoms with E-state index in [0.29, 0.717) is 21.4 Å². The van der Waals surface area contributed by atoms with Crippen molar-refractivity contribution in [3.05, 3.63) is 28.2 Å². The normalized spacial score (nSPS) is 11.0. The van der Waals surface area contributed by atoms with Crippen molar-refractivity contribution in [1.29, 1.82) is 0 Å². The zero-order valence-corrected chi connectivity index (χ0v) is 12.4. The molecule has 0 saturated carbocycles. The first-order valence-electron chi connectivity index (χ1n) is 5.22. The Bertz CT molecular complexity index is 533. The van der Waals surface area contributed by atoms with Crippen molar-refractivity contribution in [3.63, 3.8) is 0 Å². The molecule has 1 aromatic carbocycles. The number of rotatable bonds is 4. The lowest BCUT2D eigenvalue weighted by atomic mass is 10.2. The molecule has 0 aliphatic heterocycles. The highest BCUT2D eigenvalue weighted by Crippen LogP contribution is 2.25. The van der Waals surface area contributed by atoms with E-state index >= 15 is 0 Å². The molecule has 19 heavy (non-hydrogen) atoms. The van der Waals surface area contributed by atoms with E-state index in [9.17, 15) is 4.79 Å². The maximum Gasteiger partial charge on any atom is 0.230 e. The summed E-state index contributed by atoms with van der Waals surface area (Å²) in [5.74, 6) is -0.268. The Morgan fingerprint density at radius 3 is 2.79 bits per heavy atom. The number of hydrogen-bond donors (Lipinski definition) is 3. The first-order valence-corrected chi connectivity index (χ1v) is 6.38. The molecule has 5 nitrogen and oxygen atoms in total. The molecule has 102 valence electrons. The van der Waals surface area contributed by atoms with Gasteiger partial charge in [0, 0.05) is 10.7 Å². The highest BCUT2D eigenvalue weighted by atomic mass is 35.5. The Morgan fingerprint density at radius 1 is 1.47 bits per heavy atom. The van der Waals surface area contributed by atoms with Gasteiger partial charge < -0.3 is 11.1 Å². The van der Waals surface area contributed by atoms with Crippen molar-refractivity contribution in [3.8, 4) is 0 Å². The van der Waals surface area contributed by atoms with E-state index in [1.165, 1.54) is 0 Å². The Kier molecular flexibility index (Phi) is 6.01. The summed E-state index contributed by atoms with van der Waals surface area (Å²) in [6.07, 6.45) is 0.0818. The highest BCUT2D eigenvalue weighted by Gasteiger charge is 2.08. The summed E-state index contributed by atoms with van der Waals surface area (Å²) in [5, 5.41) is 7.40. The first kappa shape index (κ1) is 15.7. The average molecular weight is 319 g/mol. The third kappa shape index (κ3) is 5.87. The summed E-state index contributed by atoms with van der Waals surface area (Å²) in [4.78, 5) is 11.7. The van der Waals surface area contributed by atoms with E-state index in [-0.39, 0.29) is 17.4 Å². The van der Waals surface area contributed by atoms with Gasteiger partial charge >= 0.3 is 0 Å². The van der Waals surface area contributed by atoms with Crippen molar-refractivity contribution >= 4 is 57.8 Å². The van der Waals surface area contributed by atoms with Gasteiger partial charge in [0.05, 0.1) is 17.1 Å². The maximum absolute atomic E-state index is 11.7. The second-order valence-electron chi connectivity index (χ2n) is 3.67. The van der Waals surface area contributed by atoms with Gasteiger partial charge in [0.15, 0.2) is 5.11 Å². The van der Waals surface area contributed by atoms with Crippen LogP contribution in [0.25, 0.3) is 0 Å². The molecule has 4 N–H and O–H groups in total. The molecule has 0 atom stereocenters. The van der Waals surface area contributed by atoms with Gasteiger partial charge in [0.25, 0.3) is 0 Å². The predicted octanol–water partition coefficient (Wildman–Crippen LogP) is 2.53. The topological polar surface area (TPSA) is 79.5 Å². The van der Waals surface area contributed by atoms with E-state index in [2.05, 4.69) is 28.1 Å². The minimum absolute atomic E-state index is 0.0395. The third-order valence-corrected chi connectivity index (χ3v) is 2.63. The van der Waals surface area contributed by atoms with E-state index in [1.807, 2.05) is 0 Å². The number of carbonyl (C=O) groups excluding carboxylic acids is 1. The SMILES string of the molecule is C/C(CC(=O)Nc1cc(Cl)ccc1Cl)=N/NC(N)=S. The van der Waals surface area contributed by atoms with Gasteiger partial charge in [-0.3, -0.25) is 10.2 Å². The number of carbonyl (C=O) groups is 1. The second-order valence-corrected chi connectivity index (χ2v) is 4.96. The molecule has 0 aliphatic rings. The number of hydrogen-bond acceptors (Lipinski definition) is 3. The van der Waals surface area contributed by atoms with Crippen molar-refractivity contribution < 1.29 is 4.79 Å². The summed E-state index contributed by atoms with van der Waals surface area (Å²) in [5.41, 5.74) is 8.60. The number of nitrogens with two attached hydrogens (primary N) is 1. The number of benzene rings is 1. The lowest BCUT2D eigenvalue weighted by molar-refractivity contribution is -0.115. The van der Waals surface area contributed by atoms with Crippen LogP contribution in [0.4, 0.5) is 5.69 Å². The minimum Gasteiger partial charge on any atom is -0.375 e. The van der Waals surface area contributed by atoms with Crippen LogP contribution in [-0.2, 0) is 4.79 Å². The number of nitrogens with one attached hydrogen (secondary N) is 2. The zero-order valence-electron chi connectivity index (χ0n) is 10.0. The number of amides is 1. The molecule has 0 bridgehead atoms. The molecule has 0 aromatic heterocycles. The number of hydrazone groups is 1. The Balaban J connectivity index is 2.62. The zero-order chi connectivity index (χ0) is 14.4. The van der Waals surface area contributed by atoms with Gasteiger partial charge in [0.1, 0.15) is 0 Å². The molecular weight excluding hydrogens is 307 g/mol. The van der Waals surface area contributed by atoms with Crippen LogP contribution in [0.3, 0.4) is 0 Å². The molecule has 8 heteroatoms.